The van der Waals surface area contributed by atoms with Crippen LogP contribution >= 0.6 is 0 Å². The third kappa shape index (κ3) is 6.54. The van der Waals surface area contributed by atoms with Gasteiger partial charge in [-0.2, -0.15) is 0 Å². The van der Waals surface area contributed by atoms with Crippen molar-refractivity contribution in [2.24, 2.45) is 0 Å². The summed E-state index contributed by atoms with van der Waals surface area (Å²) in [5, 5.41) is 14.2. The number of sulfone groups is 1. The van der Waals surface area contributed by atoms with Crippen LogP contribution in [0.1, 0.15) is 36.1 Å². The predicted octanol–water partition coefficient (Wildman–Crippen LogP) is -0.636. The van der Waals surface area contributed by atoms with Crippen molar-refractivity contribution >= 4 is 15.8 Å². The molecule has 2 atom stereocenters. The summed E-state index contributed by atoms with van der Waals surface area (Å²) in [6.45, 7) is 6.25. The van der Waals surface area contributed by atoms with Gasteiger partial charge in [0.2, 0.25) is 6.33 Å². The van der Waals surface area contributed by atoms with Crippen LogP contribution in [0.4, 0.5) is 8.78 Å². The van der Waals surface area contributed by atoms with Gasteiger partial charge in [-0.1, -0.05) is 6.07 Å². The molecule has 1 aromatic heterocycles. The minimum atomic E-state index is -3.81. The van der Waals surface area contributed by atoms with Crippen molar-refractivity contribution in [3.05, 3.63) is 76.9 Å². The number of hydrogen-bond donors (Lipinski definition) is 1. The van der Waals surface area contributed by atoms with Gasteiger partial charge in [-0.05, 0) is 55.7 Å². The Labute approximate surface area is 219 Å². The average Bonchev–Trinajstić information content (AvgIpc) is 3.15. The van der Waals surface area contributed by atoms with Crippen LogP contribution in [0, 0.1) is 25.5 Å². The number of hydrogen-bond acceptors (Lipinski definition) is 6. The number of carbonyl (C=O) groups excluding carboxylic acids is 1. The number of esters is 1. The van der Waals surface area contributed by atoms with Crippen LogP contribution in [-0.4, -0.2) is 40.8 Å². The third-order valence-corrected chi connectivity index (χ3v) is 7.55. The number of carbonyl (C=O) groups is 1. The van der Waals surface area contributed by atoms with Gasteiger partial charge in [-0.25, -0.2) is 21.8 Å². The molecule has 0 saturated carbocycles. The maximum Gasteiger partial charge on any atom is 0.308 e. The zero-order chi connectivity index (χ0) is 26.1. The van der Waals surface area contributed by atoms with Gasteiger partial charge in [-0.3, -0.25) is 4.79 Å². The summed E-state index contributed by atoms with van der Waals surface area (Å²) >= 11 is 0. The quantitative estimate of drug-likeness (QED) is 0.214. The van der Waals surface area contributed by atoms with Crippen molar-refractivity contribution < 1.29 is 53.4 Å². The summed E-state index contributed by atoms with van der Waals surface area (Å²) in [5.74, 6) is -1.80. The first-order chi connectivity index (χ1) is 16.2. The smallest absolute Gasteiger partial charge is 0.308 e. The number of aromatic nitrogens is 3. The molecule has 0 radical (unpaired) electrons. The minimum Gasteiger partial charge on any atom is -1.00 e. The molecular formula is C24H28BrF2N3O5S. The van der Waals surface area contributed by atoms with Crippen LogP contribution in [0.15, 0.2) is 43.0 Å². The fraction of sp³-hybridized carbons (Fsp3) is 0.375. The fourth-order valence-electron chi connectivity index (χ4n) is 4.05. The highest BCUT2D eigenvalue weighted by atomic mass is 79.9. The van der Waals surface area contributed by atoms with Gasteiger partial charge in [0, 0.05) is 29.9 Å². The highest BCUT2D eigenvalue weighted by Crippen LogP contribution is 2.33. The maximum atomic E-state index is 14.6. The number of nitrogens with zero attached hydrogens (tertiary/aromatic N) is 3. The van der Waals surface area contributed by atoms with Gasteiger partial charge in [0.05, 0.1) is 11.8 Å². The number of halogens is 3. The van der Waals surface area contributed by atoms with Gasteiger partial charge >= 0.3 is 5.97 Å². The Kier molecular flexibility index (Phi) is 9.14. The first-order valence-corrected chi connectivity index (χ1v) is 12.7. The molecule has 0 bridgehead atoms. The van der Waals surface area contributed by atoms with Crippen LogP contribution in [-0.2, 0) is 33.3 Å². The van der Waals surface area contributed by atoms with E-state index in [1.165, 1.54) is 24.9 Å². The van der Waals surface area contributed by atoms with Crippen molar-refractivity contribution in [1.29, 1.82) is 0 Å². The zero-order valence-corrected chi connectivity index (χ0v) is 22.9. The number of ether oxygens (including phenoxy) is 1. The van der Waals surface area contributed by atoms with Crippen molar-refractivity contribution in [1.82, 2.24) is 9.78 Å². The van der Waals surface area contributed by atoms with Crippen LogP contribution in [0.3, 0.4) is 0 Å². The molecule has 0 aliphatic heterocycles. The Morgan fingerprint density at radius 1 is 1.22 bits per heavy atom. The minimum absolute atomic E-state index is 0. The Bertz CT molecular complexity index is 1360. The molecule has 8 nitrogen and oxygen atoms in total. The maximum absolute atomic E-state index is 14.6. The molecule has 2 aromatic carbocycles. The lowest BCUT2D eigenvalue weighted by molar-refractivity contribution is -0.689. The fourth-order valence-corrected chi connectivity index (χ4v) is 4.96. The molecule has 2 unspecified atom stereocenters. The molecule has 0 aliphatic rings. The SMILES string of the molecule is CC(=O)Oc1c(C)cc(C[n+]2cnn(CC(O)(c3ccc(F)cc3F)C(C)S(C)(=O)=O)c2)cc1C.[Br-]. The summed E-state index contributed by atoms with van der Waals surface area (Å²) in [7, 11) is -3.81. The summed E-state index contributed by atoms with van der Waals surface area (Å²) in [5.41, 5.74) is -0.0951. The van der Waals surface area contributed by atoms with Crippen molar-refractivity contribution in [2.45, 2.75) is 51.6 Å². The Morgan fingerprint density at radius 2 is 1.83 bits per heavy atom. The van der Waals surface area contributed by atoms with Gasteiger partial charge in [0.15, 0.2) is 9.84 Å². The van der Waals surface area contributed by atoms with E-state index in [2.05, 4.69) is 5.10 Å². The van der Waals surface area contributed by atoms with Gasteiger partial charge in [0.25, 0.3) is 6.33 Å². The summed E-state index contributed by atoms with van der Waals surface area (Å²) in [4.78, 5) is 11.3. The number of rotatable bonds is 8. The van der Waals surface area contributed by atoms with E-state index in [0.29, 0.717) is 18.4 Å². The number of aliphatic hydroxyl groups is 1. The molecule has 0 spiro atoms. The highest BCUT2D eigenvalue weighted by Gasteiger charge is 2.45. The molecule has 1 heterocycles. The summed E-state index contributed by atoms with van der Waals surface area (Å²) in [6, 6.07) is 6.34. The first-order valence-electron chi connectivity index (χ1n) is 10.8. The third-order valence-electron chi connectivity index (χ3n) is 5.88. The van der Waals surface area contributed by atoms with E-state index < -0.39 is 38.3 Å². The second-order valence-electron chi connectivity index (χ2n) is 8.79. The van der Waals surface area contributed by atoms with E-state index in [4.69, 9.17) is 4.74 Å². The zero-order valence-electron chi connectivity index (χ0n) is 20.5. The molecule has 12 heteroatoms. The molecule has 3 rings (SSSR count). The average molecular weight is 588 g/mol. The molecule has 196 valence electrons. The topological polar surface area (TPSA) is 102 Å². The number of benzene rings is 2. The van der Waals surface area contributed by atoms with Crippen LogP contribution in [0.25, 0.3) is 0 Å². The predicted molar refractivity (Wildman–Crippen MR) is 123 cm³/mol. The van der Waals surface area contributed by atoms with Crippen LogP contribution in [0.5, 0.6) is 5.75 Å². The lowest BCUT2D eigenvalue weighted by Crippen LogP contribution is -3.00. The normalized spacial score (nSPS) is 14.0. The highest BCUT2D eigenvalue weighted by molar-refractivity contribution is 7.91. The molecule has 0 amide bonds. The lowest BCUT2D eigenvalue weighted by atomic mass is 9.90. The largest absolute Gasteiger partial charge is 1.00 e. The van der Waals surface area contributed by atoms with Crippen LogP contribution in [0.2, 0.25) is 0 Å². The van der Waals surface area contributed by atoms with E-state index >= 15 is 0 Å². The van der Waals surface area contributed by atoms with Crippen molar-refractivity contribution in [3.8, 4) is 5.75 Å². The second-order valence-corrected chi connectivity index (χ2v) is 11.2. The van der Waals surface area contributed by atoms with E-state index in [0.717, 1.165) is 35.1 Å². The van der Waals surface area contributed by atoms with E-state index in [1.807, 2.05) is 26.0 Å². The summed E-state index contributed by atoms with van der Waals surface area (Å²) in [6.07, 6.45) is 3.97. The van der Waals surface area contributed by atoms with Crippen LogP contribution < -0.4 is 26.3 Å². The van der Waals surface area contributed by atoms with E-state index in [1.54, 1.807) is 10.9 Å². The van der Waals surface area contributed by atoms with Gasteiger partial charge in [-0.15, -0.1) is 4.68 Å². The van der Waals surface area contributed by atoms with Gasteiger partial charge in [0.1, 0.15) is 29.5 Å². The molecular weight excluding hydrogens is 560 g/mol. The molecule has 36 heavy (non-hydrogen) atoms. The Morgan fingerprint density at radius 3 is 2.36 bits per heavy atom. The Hall–Kier alpha value is -2.70. The molecule has 3 aromatic rings. The molecule has 1 N–H and O–H groups in total. The summed E-state index contributed by atoms with van der Waals surface area (Å²) < 4.78 is 60.9. The monoisotopic (exact) mass is 587 g/mol. The lowest BCUT2D eigenvalue weighted by Gasteiger charge is -2.31. The van der Waals surface area contributed by atoms with E-state index in [9.17, 15) is 27.1 Å². The molecule has 0 fully saturated rings. The van der Waals surface area contributed by atoms with Crippen molar-refractivity contribution in [3.63, 3.8) is 0 Å². The molecule has 0 saturated heterocycles. The van der Waals surface area contributed by atoms with Gasteiger partial charge < -0.3 is 26.8 Å². The first kappa shape index (κ1) is 29.5. The molecule has 0 aliphatic carbocycles. The van der Waals surface area contributed by atoms with Crippen molar-refractivity contribution in [2.75, 3.05) is 6.26 Å². The number of aryl methyl sites for hydroxylation is 2. The van der Waals surface area contributed by atoms with E-state index in [-0.39, 0.29) is 29.1 Å². The standard InChI is InChI=1S/C24H28F2N3O5S.BrH/c1-15-8-19(9-16(2)23(15)34-18(4)30)11-28-13-27-29(14-28)12-24(31,17(3)35(5,32)33)21-7-6-20(25)10-22(21)26;/h6-10,13-14,17,31H,11-12H2,1-5H3;1H/q+1;/p-1. The Balaban J connectivity index is 0.00000456. The second kappa shape index (κ2) is 11.1.